The third-order valence-corrected chi connectivity index (χ3v) is 5.02. The molecule has 0 fully saturated rings. The van der Waals surface area contributed by atoms with Gasteiger partial charge >= 0.3 is 0 Å². The lowest BCUT2D eigenvalue weighted by Gasteiger charge is -2.27. The van der Waals surface area contributed by atoms with Gasteiger partial charge in [0.25, 0.3) is 0 Å². The number of imidazole rings is 1. The van der Waals surface area contributed by atoms with E-state index in [2.05, 4.69) is 0 Å². The largest absolute Gasteiger partial charge is 0.315 e. The van der Waals surface area contributed by atoms with Crippen molar-refractivity contribution < 1.29 is 4.79 Å². The Labute approximate surface area is 177 Å². The molecule has 1 aromatic heterocycles. The molecule has 0 N–H and O–H groups in total. The van der Waals surface area contributed by atoms with E-state index >= 15 is 0 Å². The number of para-hydroxylation sites is 3. The van der Waals surface area contributed by atoms with Crippen molar-refractivity contribution in [3.8, 4) is 0 Å². The number of carbonyl (C=O) groups excluding carboxylic acids is 1. The SMILES string of the molecule is CC(C)N(C(=O)Cn1c(/C=C/c2ccccc2)nc2ccccc21)c1ccccc1. The standard InChI is InChI=1S/C26H25N3O/c1-20(2)29(22-13-7-4-8-14-22)26(30)19-28-24-16-10-9-15-23(24)27-25(28)18-17-21-11-5-3-6-12-21/h3-18,20H,19H2,1-2H3/b18-17+. The van der Waals surface area contributed by atoms with Gasteiger partial charge in [0.15, 0.2) is 0 Å². The van der Waals surface area contributed by atoms with E-state index < -0.39 is 0 Å². The fraction of sp³-hybridized carbons (Fsp3) is 0.154. The summed E-state index contributed by atoms with van der Waals surface area (Å²) in [7, 11) is 0. The van der Waals surface area contributed by atoms with Crippen molar-refractivity contribution in [1.82, 2.24) is 9.55 Å². The van der Waals surface area contributed by atoms with Crippen molar-refractivity contribution in [2.45, 2.75) is 26.4 Å². The molecule has 30 heavy (non-hydrogen) atoms. The quantitative estimate of drug-likeness (QED) is 0.423. The summed E-state index contributed by atoms with van der Waals surface area (Å²) in [5.41, 5.74) is 3.84. The van der Waals surface area contributed by atoms with Crippen molar-refractivity contribution >= 4 is 34.8 Å². The Morgan fingerprint density at radius 3 is 2.23 bits per heavy atom. The van der Waals surface area contributed by atoms with Crippen LogP contribution < -0.4 is 4.90 Å². The van der Waals surface area contributed by atoms with Crippen LogP contribution in [0.5, 0.6) is 0 Å². The number of hydrogen-bond acceptors (Lipinski definition) is 2. The predicted octanol–water partition coefficient (Wildman–Crippen LogP) is 5.65. The molecule has 4 heteroatoms. The highest BCUT2D eigenvalue weighted by atomic mass is 16.2. The minimum Gasteiger partial charge on any atom is -0.315 e. The molecule has 0 unspecified atom stereocenters. The van der Waals surface area contributed by atoms with E-state index in [4.69, 9.17) is 4.98 Å². The monoisotopic (exact) mass is 395 g/mol. The Kier molecular flexibility index (Phi) is 5.75. The highest BCUT2D eigenvalue weighted by Gasteiger charge is 2.21. The van der Waals surface area contributed by atoms with Gasteiger partial charge in [0, 0.05) is 11.7 Å². The molecule has 1 amide bonds. The minimum absolute atomic E-state index is 0.0358. The molecule has 0 bridgehead atoms. The van der Waals surface area contributed by atoms with E-state index in [1.54, 1.807) is 0 Å². The Morgan fingerprint density at radius 2 is 1.53 bits per heavy atom. The van der Waals surface area contributed by atoms with Crippen LogP contribution in [0.15, 0.2) is 84.9 Å². The van der Waals surface area contributed by atoms with E-state index in [0.717, 1.165) is 28.1 Å². The number of nitrogens with zero attached hydrogens (tertiary/aromatic N) is 3. The van der Waals surface area contributed by atoms with Crippen LogP contribution in [0, 0.1) is 0 Å². The number of rotatable bonds is 6. The Bertz CT molecular complexity index is 1160. The van der Waals surface area contributed by atoms with Crippen LogP contribution in [0.25, 0.3) is 23.2 Å². The zero-order valence-corrected chi connectivity index (χ0v) is 17.3. The van der Waals surface area contributed by atoms with Crippen molar-refractivity contribution in [2.75, 3.05) is 4.90 Å². The first-order valence-corrected chi connectivity index (χ1v) is 10.2. The predicted molar refractivity (Wildman–Crippen MR) is 124 cm³/mol. The zero-order valence-electron chi connectivity index (χ0n) is 17.3. The van der Waals surface area contributed by atoms with Crippen molar-refractivity contribution in [3.63, 3.8) is 0 Å². The maximum absolute atomic E-state index is 13.4. The number of aromatic nitrogens is 2. The van der Waals surface area contributed by atoms with Gasteiger partial charge in [-0.05, 0) is 49.8 Å². The molecule has 0 saturated carbocycles. The second-order valence-electron chi connectivity index (χ2n) is 7.48. The van der Waals surface area contributed by atoms with Gasteiger partial charge in [0.2, 0.25) is 5.91 Å². The maximum atomic E-state index is 13.4. The second kappa shape index (κ2) is 8.78. The molecule has 0 aliphatic carbocycles. The first-order chi connectivity index (χ1) is 14.6. The lowest BCUT2D eigenvalue weighted by atomic mass is 10.2. The van der Waals surface area contributed by atoms with Crippen LogP contribution in [0.3, 0.4) is 0 Å². The van der Waals surface area contributed by atoms with E-state index in [9.17, 15) is 4.79 Å². The lowest BCUT2D eigenvalue weighted by Crippen LogP contribution is -2.39. The third-order valence-electron chi connectivity index (χ3n) is 5.02. The first-order valence-electron chi connectivity index (χ1n) is 10.2. The van der Waals surface area contributed by atoms with E-state index in [1.807, 2.05) is 120 Å². The highest BCUT2D eigenvalue weighted by molar-refractivity contribution is 5.95. The molecule has 0 saturated heterocycles. The van der Waals surface area contributed by atoms with Crippen molar-refractivity contribution in [1.29, 1.82) is 0 Å². The summed E-state index contributed by atoms with van der Waals surface area (Å²) in [6, 6.07) is 27.9. The number of benzene rings is 3. The molecule has 1 heterocycles. The topological polar surface area (TPSA) is 38.1 Å². The molecule has 0 spiro atoms. The number of fused-ring (bicyclic) bond motifs is 1. The van der Waals surface area contributed by atoms with E-state index in [-0.39, 0.29) is 18.5 Å². The van der Waals surface area contributed by atoms with Gasteiger partial charge in [0.1, 0.15) is 12.4 Å². The first kappa shape index (κ1) is 19.6. The van der Waals surface area contributed by atoms with E-state index in [1.165, 1.54) is 0 Å². The summed E-state index contributed by atoms with van der Waals surface area (Å²) in [6.07, 6.45) is 4.00. The fourth-order valence-corrected chi connectivity index (χ4v) is 3.65. The molecule has 3 aromatic carbocycles. The average Bonchev–Trinajstić information content (AvgIpc) is 3.11. The molecule has 0 atom stereocenters. The van der Waals surface area contributed by atoms with Gasteiger partial charge in [-0.3, -0.25) is 4.79 Å². The molecule has 150 valence electrons. The summed E-state index contributed by atoms with van der Waals surface area (Å²) >= 11 is 0. The highest BCUT2D eigenvalue weighted by Crippen LogP contribution is 2.21. The van der Waals surface area contributed by atoms with Crippen LogP contribution in [-0.2, 0) is 11.3 Å². The number of hydrogen-bond donors (Lipinski definition) is 0. The molecule has 4 rings (SSSR count). The van der Waals surface area contributed by atoms with Gasteiger partial charge < -0.3 is 9.47 Å². The van der Waals surface area contributed by atoms with Gasteiger partial charge in [0.05, 0.1) is 11.0 Å². The number of anilines is 1. The molecule has 0 aliphatic heterocycles. The zero-order chi connectivity index (χ0) is 20.9. The summed E-state index contributed by atoms with van der Waals surface area (Å²) in [5.74, 6) is 0.805. The Hall–Kier alpha value is -3.66. The summed E-state index contributed by atoms with van der Waals surface area (Å²) in [5, 5.41) is 0. The fourth-order valence-electron chi connectivity index (χ4n) is 3.65. The third kappa shape index (κ3) is 4.18. The molecular formula is C26H25N3O. The summed E-state index contributed by atoms with van der Waals surface area (Å²) < 4.78 is 2.00. The molecule has 4 aromatic rings. The Morgan fingerprint density at radius 1 is 0.900 bits per heavy atom. The second-order valence-corrected chi connectivity index (χ2v) is 7.48. The van der Waals surface area contributed by atoms with Crippen molar-refractivity contribution in [2.24, 2.45) is 0 Å². The van der Waals surface area contributed by atoms with Crippen molar-refractivity contribution in [3.05, 3.63) is 96.3 Å². The van der Waals surface area contributed by atoms with Gasteiger partial charge in [-0.25, -0.2) is 4.98 Å². The summed E-state index contributed by atoms with van der Waals surface area (Å²) in [6.45, 7) is 4.29. The normalized spacial score (nSPS) is 11.4. The van der Waals surface area contributed by atoms with Gasteiger partial charge in [-0.1, -0.05) is 66.7 Å². The molecule has 4 nitrogen and oxygen atoms in total. The minimum atomic E-state index is 0.0358. The van der Waals surface area contributed by atoms with Gasteiger partial charge in [-0.2, -0.15) is 0 Å². The van der Waals surface area contributed by atoms with Crippen LogP contribution in [0.1, 0.15) is 25.2 Å². The Balaban J connectivity index is 1.70. The maximum Gasteiger partial charge on any atom is 0.247 e. The summed E-state index contributed by atoms with van der Waals surface area (Å²) in [4.78, 5) is 20.0. The van der Waals surface area contributed by atoms with Crippen LogP contribution >= 0.6 is 0 Å². The van der Waals surface area contributed by atoms with E-state index in [0.29, 0.717) is 0 Å². The molecular weight excluding hydrogens is 370 g/mol. The van der Waals surface area contributed by atoms with Crippen LogP contribution in [0.2, 0.25) is 0 Å². The van der Waals surface area contributed by atoms with Crippen LogP contribution in [0.4, 0.5) is 5.69 Å². The number of amides is 1. The van der Waals surface area contributed by atoms with Gasteiger partial charge in [-0.15, -0.1) is 0 Å². The molecule has 0 aliphatic rings. The average molecular weight is 396 g/mol. The molecule has 0 radical (unpaired) electrons. The lowest BCUT2D eigenvalue weighted by molar-refractivity contribution is -0.119. The number of carbonyl (C=O) groups is 1. The smallest absolute Gasteiger partial charge is 0.247 e. The van der Waals surface area contributed by atoms with Crippen LogP contribution in [-0.4, -0.2) is 21.5 Å².